The van der Waals surface area contributed by atoms with Gasteiger partial charge in [0.05, 0.1) is 11.8 Å². The maximum Gasteiger partial charge on any atom is 0.311 e. The average molecular weight is 277 g/mol. The van der Waals surface area contributed by atoms with E-state index in [1.54, 1.807) is 0 Å². The summed E-state index contributed by atoms with van der Waals surface area (Å²) in [7, 11) is 0. The highest BCUT2D eigenvalue weighted by molar-refractivity contribution is 5.82. The van der Waals surface area contributed by atoms with Crippen LogP contribution in [0.5, 0.6) is 0 Å². The quantitative estimate of drug-likeness (QED) is 0.799. The number of carbonyl (C=O) groups excluding carboxylic acids is 1. The number of rotatable bonds is 5. The first-order valence-corrected chi connectivity index (χ1v) is 6.76. The molecule has 5 heteroatoms. The highest BCUT2D eigenvalue weighted by Gasteiger charge is 2.42. The lowest BCUT2D eigenvalue weighted by atomic mass is 9.78. The van der Waals surface area contributed by atoms with E-state index < -0.39 is 17.4 Å². The zero-order chi connectivity index (χ0) is 14.4. The Morgan fingerprint density at radius 2 is 2.05 bits per heavy atom. The van der Waals surface area contributed by atoms with Crippen LogP contribution in [-0.2, 0) is 20.9 Å². The Balaban J connectivity index is 1.90. The molecule has 1 aliphatic heterocycles. The normalized spacial score (nSPS) is 22.2. The molecule has 0 aliphatic carbocycles. The topological polar surface area (TPSA) is 75.6 Å². The van der Waals surface area contributed by atoms with Crippen LogP contribution in [0.1, 0.15) is 24.8 Å². The van der Waals surface area contributed by atoms with Gasteiger partial charge in [0.15, 0.2) is 0 Å². The minimum absolute atomic E-state index is 0.0812. The molecule has 1 aromatic carbocycles. The Kier molecular flexibility index (Phi) is 4.74. The lowest BCUT2D eigenvalue weighted by Crippen LogP contribution is -2.47. The highest BCUT2D eigenvalue weighted by atomic mass is 16.5. The van der Waals surface area contributed by atoms with E-state index >= 15 is 0 Å². The second-order valence-corrected chi connectivity index (χ2v) is 5.19. The summed E-state index contributed by atoms with van der Waals surface area (Å²) in [6.07, 6.45) is 1.19. The van der Waals surface area contributed by atoms with E-state index in [0.717, 1.165) is 18.5 Å². The van der Waals surface area contributed by atoms with Gasteiger partial charge in [0, 0.05) is 6.54 Å². The van der Waals surface area contributed by atoms with E-state index in [2.05, 4.69) is 5.32 Å². The van der Waals surface area contributed by atoms with Crippen LogP contribution in [0.15, 0.2) is 30.3 Å². The number of hydrogen-bond donors (Lipinski definition) is 2. The predicted molar refractivity (Wildman–Crippen MR) is 73.0 cm³/mol. The van der Waals surface area contributed by atoms with Gasteiger partial charge in [0.1, 0.15) is 6.61 Å². The van der Waals surface area contributed by atoms with Gasteiger partial charge >= 0.3 is 11.9 Å². The van der Waals surface area contributed by atoms with Crippen molar-refractivity contribution in [3.63, 3.8) is 0 Å². The van der Waals surface area contributed by atoms with E-state index in [-0.39, 0.29) is 13.0 Å². The Morgan fingerprint density at radius 3 is 2.65 bits per heavy atom. The van der Waals surface area contributed by atoms with E-state index in [0.29, 0.717) is 13.0 Å². The van der Waals surface area contributed by atoms with Crippen LogP contribution in [0.25, 0.3) is 0 Å². The van der Waals surface area contributed by atoms with Crippen molar-refractivity contribution in [1.29, 1.82) is 0 Å². The number of piperidine rings is 1. The largest absolute Gasteiger partial charge is 0.481 e. The van der Waals surface area contributed by atoms with Gasteiger partial charge in [-0.1, -0.05) is 30.3 Å². The van der Waals surface area contributed by atoms with Crippen LogP contribution in [0, 0.1) is 5.41 Å². The number of ether oxygens (including phenoxy) is 1. The molecule has 0 aromatic heterocycles. The van der Waals surface area contributed by atoms with Crippen molar-refractivity contribution in [2.75, 3.05) is 13.1 Å². The molecule has 0 amide bonds. The lowest BCUT2D eigenvalue weighted by Gasteiger charge is -2.32. The second-order valence-electron chi connectivity index (χ2n) is 5.19. The first-order chi connectivity index (χ1) is 9.62. The summed E-state index contributed by atoms with van der Waals surface area (Å²) in [4.78, 5) is 23.3. The predicted octanol–water partition coefficient (Wildman–Crippen LogP) is 1.57. The van der Waals surface area contributed by atoms with E-state index in [1.165, 1.54) is 0 Å². The van der Waals surface area contributed by atoms with Crippen molar-refractivity contribution in [3.8, 4) is 0 Å². The fourth-order valence-corrected chi connectivity index (χ4v) is 2.44. The number of hydrogen-bond acceptors (Lipinski definition) is 4. The molecular formula is C15H19NO4. The van der Waals surface area contributed by atoms with Gasteiger partial charge in [0.25, 0.3) is 0 Å². The molecule has 0 unspecified atom stereocenters. The van der Waals surface area contributed by atoms with Crippen LogP contribution < -0.4 is 5.32 Å². The molecule has 2 rings (SSSR count). The lowest BCUT2D eigenvalue weighted by molar-refractivity contribution is -0.160. The van der Waals surface area contributed by atoms with Gasteiger partial charge in [0.2, 0.25) is 0 Å². The number of benzene rings is 1. The van der Waals surface area contributed by atoms with Gasteiger partial charge in [-0.2, -0.15) is 0 Å². The number of nitrogens with one attached hydrogen (secondary N) is 1. The van der Waals surface area contributed by atoms with Crippen molar-refractivity contribution in [2.24, 2.45) is 5.41 Å². The number of esters is 1. The van der Waals surface area contributed by atoms with Crippen LogP contribution in [0.4, 0.5) is 0 Å². The third kappa shape index (κ3) is 3.57. The summed E-state index contributed by atoms with van der Waals surface area (Å²) in [5, 5.41) is 12.4. The SMILES string of the molecule is O=C(C[C@]1(C(=O)O)CCCNC1)OCc1ccccc1. The highest BCUT2D eigenvalue weighted by Crippen LogP contribution is 2.31. The Morgan fingerprint density at radius 1 is 1.30 bits per heavy atom. The minimum Gasteiger partial charge on any atom is -0.481 e. The fraction of sp³-hybridized carbons (Fsp3) is 0.467. The summed E-state index contributed by atoms with van der Waals surface area (Å²) in [6, 6.07) is 9.35. The third-order valence-corrected chi connectivity index (χ3v) is 3.65. The van der Waals surface area contributed by atoms with Gasteiger partial charge < -0.3 is 15.2 Å². The molecule has 0 radical (unpaired) electrons. The molecule has 5 nitrogen and oxygen atoms in total. The molecule has 1 fully saturated rings. The van der Waals surface area contributed by atoms with Crippen LogP contribution in [-0.4, -0.2) is 30.1 Å². The number of aliphatic carboxylic acids is 1. The summed E-state index contributed by atoms with van der Waals surface area (Å²) < 4.78 is 5.18. The van der Waals surface area contributed by atoms with Crippen molar-refractivity contribution in [2.45, 2.75) is 25.9 Å². The van der Waals surface area contributed by atoms with Crippen LogP contribution in [0.2, 0.25) is 0 Å². The smallest absolute Gasteiger partial charge is 0.311 e. The van der Waals surface area contributed by atoms with Crippen LogP contribution in [0.3, 0.4) is 0 Å². The molecular weight excluding hydrogens is 258 g/mol. The van der Waals surface area contributed by atoms with Gasteiger partial charge in [-0.05, 0) is 24.9 Å². The van der Waals surface area contributed by atoms with Crippen LogP contribution >= 0.6 is 0 Å². The first kappa shape index (κ1) is 14.5. The number of carbonyl (C=O) groups is 2. The third-order valence-electron chi connectivity index (χ3n) is 3.65. The molecule has 1 aliphatic rings. The monoisotopic (exact) mass is 277 g/mol. The van der Waals surface area contributed by atoms with Gasteiger partial charge in [-0.3, -0.25) is 9.59 Å². The maximum absolute atomic E-state index is 11.9. The maximum atomic E-state index is 11.9. The number of carboxylic acid groups (broad SMARTS) is 1. The Labute approximate surface area is 117 Å². The Hall–Kier alpha value is -1.88. The van der Waals surface area contributed by atoms with Crippen molar-refractivity contribution >= 4 is 11.9 Å². The van der Waals surface area contributed by atoms with Gasteiger partial charge in [-0.25, -0.2) is 0 Å². The van der Waals surface area contributed by atoms with E-state index in [9.17, 15) is 14.7 Å². The van der Waals surface area contributed by atoms with Crippen molar-refractivity contribution in [3.05, 3.63) is 35.9 Å². The molecule has 2 N–H and O–H groups in total. The first-order valence-electron chi connectivity index (χ1n) is 6.76. The fourth-order valence-electron chi connectivity index (χ4n) is 2.44. The summed E-state index contributed by atoms with van der Waals surface area (Å²) >= 11 is 0. The number of carboxylic acids is 1. The van der Waals surface area contributed by atoms with Gasteiger partial charge in [-0.15, -0.1) is 0 Å². The molecule has 0 saturated carbocycles. The zero-order valence-corrected chi connectivity index (χ0v) is 11.3. The molecule has 0 spiro atoms. The minimum atomic E-state index is -1.02. The molecule has 108 valence electrons. The molecule has 20 heavy (non-hydrogen) atoms. The van der Waals surface area contributed by atoms with E-state index in [1.807, 2.05) is 30.3 Å². The molecule has 1 atom stereocenters. The molecule has 0 bridgehead atoms. The summed E-state index contributed by atoms with van der Waals surface area (Å²) in [5.41, 5.74) is -0.126. The average Bonchev–Trinajstić information content (AvgIpc) is 2.47. The van der Waals surface area contributed by atoms with Crippen molar-refractivity contribution < 1.29 is 19.4 Å². The standard InChI is InChI=1S/C15H19NO4/c17-13(20-10-12-5-2-1-3-6-12)9-15(14(18)19)7-4-8-16-11-15/h1-3,5-6,16H,4,7-11H2,(H,18,19)/t15-/m1/s1. The summed E-state index contributed by atoms with van der Waals surface area (Å²) in [5.74, 6) is -1.39. The molecule has 1 heterocycles. The van der Waals surface area contributed by atoms with E-state index in [4.69, 9.17) is 4.74 Å². The Bertz CT molecular complexity index is 466. The molecule has 1 saturated heterocycles. The molecule has 1 aromatic rings. The summed E-state index contributed by atoms with van der Waals surface area (Å²) in [6.45, 7) is 1.31. The second kappa shape index (κ2) is 6.52. The van der Waals surface area contributed by atoms with Crippen molar-refractivity contribution in [1.82, 2.24) is 5.32 Å². The zero-order valence-electron chi connectivity index (χ0n) is 11.3.